The van der Waals surface area contributed by atoms with Gasteiger partial charge < -0.3 is 19.4 Å². The largest absolute Gasteiger partial charge is 0.491 e. The number of benzene rings is 3. The first kappa shape index (κ1) is 29.7. The fourth-order valence-electron chi connectivity index (χ4n) is 4.75. The van der Waals surface area contributed by atoms with E-state index in [9.17, 15) is 9.59 Å². The number of hydrogen-bond acceptors (Lipinski definition) is 4. The Bertz CT molecular complexity index is 1480. The van der Waals surface area contributed by atoms with Crippen LogP contribution >= 0.6 is 0 Å². The Balaban J connectivity index is 1.37. The van der Waals surface area contributed by atoms with Crippen molar-refractivity contribution in [2.24, 2.45) is 0 Å². The third-order valence-electron chi connectivity index (χ3n) is 7.00. The van der Waals surface area contributed by atoms with Crippen LogP contribution in [0.1, 0.15) is 63.1 Å². The van der Waals surface area contributed by atoms with Crippen LogP contribution in [0.25, 0.3) is 16.5 Å². The number of carbonyl (C=O) groups is 2. The summed E-state index contributed by atoms with van der Waals surface area (Å²) in [6.45, 7) is 7.49. The van der Waals surface area contributed by atoms with E-state index in [4.69, 9.17) is 9.47 Å². The Kier molecular flexibility index (Phi) is 10.8. The van der Waals surface area contributed by atoms with Gasteiger partial charge in [-0.1, -0.05) is 55.8 Å². The van der Waals surface area contributed by atoms with Crippen LogP contribution in [0.15, 0.2) is 85.1 Å². The van der Waals surface area contributed by atoms with Crippen molar-refractivity contribution in [1.29, 1.82) is 0 Å². The van der Waals surface area contributed by atoms with E-state index in [0.29, 0.717) is 37.5 Å². The summed E-state index contributed by atoms with van der Waals surface area (Å²) < 4.78 is 13.0. The summed E-state index contributed by atoms with van der Waals surface area (Å²) in [7, 11) is 0. The molecule has 0 fully saturated rings. The molecule has 4 aromatic rings. The second kappa shape index (κ2) is 14.9. The van der Waals surface area contributed by atoms with Gasteiger partial charge in [-0.3, -0.25) is 9.59 Å². The van der Waals surface area contributed by atoms with Crippen molar-refractivity contribution in [3.63, 3.8) is 0 Å². The lowest BCUT2D eigenvalue weighted by Gasteiger charge is -2.12. The Morgan fingerprint density at radius 2 is 1.71 bits per heavy atom. The highest BCUT2D eigenvalue weighted by atomic mass is 16.5. The number of fused-ring (bicyclic) bond motifs is 1. The molecule has 3 aromatic carbocycles. The number of nitrogens with zero attached hydrogens (tertiary/aromatic N) is 1. The topological polar surface area (TPSA) is 69.6 Å². The maximum atomic E-state index is 12.9. The van der Waals surface area contributed by atoms with E-state index in [-0.39, 0.29) is 11.9 Å². The first-order valence-corrected chi connectivity index (χ1v) is 14.5. The molecule has 0 atom stereocenters. The minimum atomic E-state index is -0.236. The van der Waals surface area contributed by atoms with Gasteiger partial charge in [0.2, 0.25) is 5.91 Å². The number of amides is 1. The van der Waals surface area contributed by atoms with Gasteiger partial charge in [-0.15, -0.1) is 0 Å². The van der Waals surface area contributed by atoms with Crippen molar-refractivity contribution < 1.29 is 19.1 Å². The van der Waals surface area contributed by atoms with Crippen LogP contribution in [0.4, 0.5) is 5.69 Å². The molecular formula is C35H40N2O4. The van der Waals surface area contributed by atoms with Crippen LogP contribution in [0.3, 0.4) is 0 Å². The summed E-state index contributed by atoms with van der Waals surface area (Å²) in [4.78, 5) is 24.4. The summed E-state index contributed by atoms with van der Waals surface area (Å²) >= 11 is 0. The van der Waals surface area contributed by atoms with Gasteiger partial charge in [0.1, 0.15) is 5.75 Å². The molecule has 4 rings (SSSR count). The molecule has 0 aliphatic heterocycles. The zero-order chi connectivity index (χ0) is 29.0. The average molecular weight is 553 g/mol. The molecule has 0 spiro atoms. The first-order valence-electron chi connectivity index (χ1n) is 14.5. The molecule has 0 radical (unpaired) electrons. The molecule has 6 nitrogen and oxygen atoms in total. The summed E-state index contributed by atoms with van der Waals surface area (Å²) in [5, 5.41) is 4.06. The second-order valence-corrected chi connectivity index (χ2v) is 10.2. The number of nitrogens with one attached hydrogen (secondary N) is 1. The van der Waals surface area contributed by atoms with E-state index in [1.165, 1.54) is 24.0 Å². The zero-order valence-electron chi connectivity index (χ0n) is 24.3. The van der Waals surface area contributed by atoms with Gasteiger partial charge in [-0.2, -0.15) is 0 Å². The minimum Gasteiger partial charge on any atom is -0.491 e. The monoisotopic (exact) mass is 552 g/mol. The minimum absolute atomic E-state index is 0.231. The second-order valence-electron chi connectivity index (χ2n) is 10.2. The number of anilines is 1. The van der Waals surface area contributed by atoms with E-state index in [1.807, 2.05) is 19.1 Å². The summed E-state index contributed by atoms with van der Waals surface area (Å²) in [6.07, 6.45) is 8.13. The number of carbonyl (C=O) groups excluding carboxylic acids is 2. The van der Waals surface area contributed by atoms with Crippen molar-refractivity contribution in [3.8, 4) is 5.75 Å². The van der Waals surface area contributed by atoms with Crippen molar-refractivity contribution in [2.45, 2.75) is 59.4 Å². The number of para-hydroxylation sites is 2. The summed E-state index contributed by atoms with van der Waals surface area (Å²) in [6, 6.07) is 24.7. The molecule has 41 heavy (non-hydrogen) atoms. The van der Waals surface area contributed by atoms with Crippen LogP contribution in [0, 0.1) is 0 Å². The molecule has 6 heteroatoms. The number of rotatable bonds is 14. The van der Waals surface area contributed by atoms with Crippen LogP contribution in [0.2, 0.25) is 0 Å². The lowest BCUT2D eigenvalue weighted by molar-refractivity contribution is -0.143. The SMILES string of the molecule is CCCCc1ccc(Cn2ccc3cc(/C(C)=C/C(=O)Nc4ccccc4OCCCC(=O)OCC)ccc32)cc1. The lowest BCUT2D eigenvalue weighted by atomic mass is 10.0. The zero-order valence-corrected chi connectivity index (χ0v) is 24.3. The Morgan fingerprint density at radius 3 is 2.49 bits per heavy atom. The van der Waals surface area contributed by atoms with Gasteiger partial charge in [-0.25, -0.2) is 0 Å². The number of aromatic nitrogens is 1. The molecular weight excluding hydrogens is 512 g/mol. The van der Waals surface area contributed by atoms with Crippen LogP contribution in [-0.2, 0) is 27.3 Å². The smallest absolute Gasteiger partial charge is 0.305 e. The van der Waals surface area contributed by atoms with Crippen LogP contribution < -0.4 is 10.1 Å². The molecule has 0 aliphatic rings. The number of aryl methyl sites for hydroxylation is 1. The average Bonchev–Trinajstić information content (AvgIpc) is 3.37. The molecule has 0 unspecified atom stereocenters. The fourth-order valence-corrected chi connectivity index (χ4v) is 4.75. The van der Waals surface area contributed by atoms with E-state index in [2.05, 4.69) is 71.5 Å². The first-order chi connectivity index (χ1) is 20.0. The number of esters is 1. The van der Waals surface area contributed by atoms with Crippen molar-refractivity contribution in [1.82, 2.24) is 4.57 Å². The van der Waals surface area contributed by atoms with Crippen LogP contribution in [-0.4, -0.2) is 29.7 Å². The van der Waals surface area contributed by atoms with E-state index in [0.717, 1.165) is 35.0 Å². The highest BCUT2D eigenvalue weighted by Crippen LogP contribution is 2.26. The number of hydrogen-bond donors (Lipinski definition) is 1. The van der Waals surface area contributed by atoms with Crippen molar-refractivity contribution in [3.05, 3.63) is 102 Å². The Hall–Kier alpha value is -4.32. The Labute approximate surface area is 243 Å². The third-order valence-corrected chi connectivity index (χ3v) is 7.00. The third kappa shape index (κ3) is 8.58. The van der Waals surface area contributed by atoms with Gasteiger partial charge in [0.05, 0.1) is 18.9 Å². The molecule has 0 saturated heterocycles. The summed E-state index contributed by atoms with van der Waals surface area (Å²) in [5.41, 5.74) is 6.29. The molecule has 1 amide bonds. The van der Waals surface area contributed by atoms with Gasteiger partial charge in [0, 0.05) is 36.1 Å². The molecule has 0 saturated carbocycles. The highest BCUT2D eigenvalue weighted by Gasteiger charge is 2.09. The van der Waals surface area contributed by atoms with E-state index >= 15 is 0 Å². The molecule has 0 bridgehead atoms. The van der Waals surface area contributed by atoms with Crippen molar-refractivity contribution >= 4 is 34.0 Å². The van der Waals surface area contributed by atoms with Crippen molar-refractivity contribution in [2.75, 3.05) is 18.5 Å². The highest BCUT2D eigenvalue weighted by molar-refractivity contribution is 6.04. The fraction of sp³-hybridized carbons (Fsp3) is 0.314. The lowest BCUT2D eigenvalue weighted by Crippen LogP contribution is -2.11. The molecule has 214 valence electrons. The van der Waals surface area contributed by atoms with Gasteiger partial charge in [0.25, 0.3) is 0 Å². The molecule has 0 aliphatic carbocycles. The predicted octanol–water partition coefficient (Wildman–Crippen LogP) is 7.80. The number of unbranched alkanes of at least 4 members (excludes halogenated alkanes) is 1. The normalized spacial score (nSPS) is 11.4. The Morgan fingerprint density at radius 1 is 0.927 bits per heavy atom. The van der Waals surface area contributed by atoms with Crippen LogP contribution in [0.5, 0.6) is 5.75 Å². The molecule has 1 aromatic heterocycles. The standard InChI is InChI=1S/C35H40N2O4/c1-4-6-10-27-14-16-28(17-15-27)25-37-21-20-30-24-29(18-19-32(30)37)26(3)23-34(38)36-31-11-7-8-12-33(31)41-22-9-13-35(39)40-5-2/h7-8,11-12,14-21,23-24H,4-6,9-10,13,22,25H2,1-3H3,(H,36,38)/b26-23+. The number of allylic oxidation sites excluding steroid dienone is 1. The van der Waals surface area contributed by atoms with Gasteiger partial charge >= 0.3 is 5.97 Å². The van der Waals surface area contributed by atoms with E-state index < -0.39 is 0 Å². The quantitative estimate of drug-likeness (QED) is 0.0985. The number of ether oxygens (including phenoxy) is 2. The maximum absolute atomic E-state index is 12.9. The predicted molar refractivity (Wildman–Crippen MR) is 166 cm³/mol. The molecule has 1 heterocycles. The summed E-state index contributed by atoms with van der Waals surface area (Å²) in [5.74, 6) is 0.0970. The molecule has 1 N–H and O–H groups in total. The van der Waals surface area contributed by atoms with Gasteiger partial charge in [0.15, 0.2) is 0 Å². The maximum Gasteiger partial charge on any atom is 0.305 e. The van der Waals surface area contributed by atoms with E-state index in [1.54, 1.807) is 25.1 Å². The van der Waals surface area contributed by atoms with Gasteiger partial charge in [-0.05, 0) is 85.7 Å².